The molecule has 7 rings (SSSR count). The van der Waals surface area contributed by atoms with Crippen molar-refractivity contribution in [3.63, 3.8) is 0 Å². The van der Waals surface area contributed by atoms with Gasteiger partial charge in [0, 0.05) is 17.5 Å². The summed E-state index contributed by atoms with van der Waals surface area (Å²) in [6.45, 7) is 19.2. The maximum Gasteiger partial charge on any atom is 0.435 e. The van der Waals surface area contributed by atoms with E-state index in [-0.39, 0.29) is 33.6 Å². The smallest absolute Gasteiger partial charge is 0.435 e. The van der Waals surface area contributed by atoms with Gasteiger partial charge in [-0.1, -0.05) is 42.5 Å². The topological polar surface area (TPSA) is 181 Å². The number of hydrogen-bond acceptors (Lipinski definition) is 14. The van der Waals surface area contributed by atoms with Crippen molar-refractivity contribution in [2.75, 3.05) is 45.8 Å². The van der Waals surface area contributed by atoms with Gasteiger partial charge in [0.05, 0.1) is 53.0 Å². The van der Waals surface area contributed by atoms with Gasteiger partial charge in [-0.2, -0.15) is 58.3 Å². The van der Waals surface area contributed by atoms with Gasteiger partial charge in [0.15, 0.2) is 11.5 Å². The van der Waals surface area contributed by atoms with Crippen molar-refractivity contribution in [3.8, 4) is 28.7 Å². The molecule has 6 aromatic rings. The zero-order valence-corrected chi connectivity index (χ0v) is 44.3. The molecule has 1 aliphatic rings. The van der Waals surface area contributed by atoms with Crippen LogP contribution in [0.3, 0.4) is 0 Å². The van der Waals surface area contributed by atoms with Crippen LogP contribution in [0.15, 0.2) is 84.9 Å². The maximum atomic E-state index is 12.5. The second kappa shape index (κ2) is 27.2. The lowest BCUT2D eigenvalue weighted by molar-refractivity contribution is 0.0511. The molecule has 0 radical (unpaired) electrons. The fourth-order valence-corrected chi connectivity index (χ4v) is 7.06. The molecule has 4 aromatic carbocycles. The average Bonchev–Trinajstić information content (AvgIpc) is 3.96. The van der Waals surface area contributed by atoms with Crippen molar-refractivity contribution >= 4 is 72.7 Å². The Kier molecular flexibility index (Phi) is 22.9. The molecule has 0 bridgehead atoms. The van der Waals surface area contributed by atoms with Gasteiger partial charge in [-0.25, -0.2) is 9.59 Å². The van der Waals surface area contributed by atoms with E-state index in [1.165, 1.54) is 9.36 Å². The summed E-state index contributed by atoms with van der Waals surface area (Å²) in [5, 5.41) is 21.3. The molecule has 0 unspecified atom stereocenters. The van der Waals surface area contributed by atoms with Gasteiger partial charge in [0.25, 0.3) is 0 Å². The molecule has 0 amide bonds. The average molecular weight is 1010 g/mol. The molecule has 378 valence electrons. The molecule has 1 saturated heterocycles. The van der Waals surface area contributed by atoms with Crippen LogP contribution in [0.2, 0.25) is 0 Å². The zero-order chi connectivity index (χ0) is 48.7. The maximum absolute atomic E-state index is 12.5. The summed E-state index contributed by atoms with van der Waals surface area (Å²) in [4.78, 5) is 24.9. The first kappa shape index (κ1) is 58.0. The number of carbonyl (C=O) groups excluding carboxylic acids is 2. The summed E-state index contributed by atoms with van der Waals surface area (Å²) in [5.41, 5.74) is 8.01. The molecule has 2 atom stereocenters. The van der Waals surface area contributed by atoms with E-state index in [4.69, 9.17) is 38.9 Å². The van der Waals surface area contributed by atoms with Crippen LogP contribution in [0.25, 0.3) is 21.8 Å². The van der Waals surface area contributed by atoms with Crippen LogP contribution >= 0.6 is 38.8 Å². The lowest BCUT2D eigenvalue weighted by Gasteiger charge is -2.19. The predicted octanol–water partition coefficient (Wildman–Crippen LogP) is 10.3. The van der Waals surface area contributed by atoms with Crippen LogP contribution in [-0.2, 0) is 9.47 Å². The van der Waals surface area contributed by atoms with E-state index >= 15 is 0 Å². The summed E-state index contributed by atoms with van der Waals surface area (Å²) in [6, 6.07) is 26.5. The van der Waals surface area contributed by atoms with Crippen molar-refractivity contribution in [1.82, 2.24) is 19.6 Å². The molecule has 0 spiro atoms. The van der Waals surface area contributed by atoms with Gasteiger partial charge in [-0.05, 0) is 130 Å². The molecule has 1 aliphatic heterocycles. The number of nitrogens with two attached hydrogens (primary N) is 1. The van der Waals surface area contributed by atoms with Crippen LogP contribution in [0, 0.1) is 20.8 Å². The first-order valence-electron chi connectivity index (χ1n) is 22.5. The largest absolute Gasteiger partial charge is 0.493 e. The van der Waals surface area contributed by atoms with E-state index in [1.54, 1.807) is 19.2 Å². The van der Waals surface area contributed by atoms with Crippen molar-refractivity contribution in [2.45, 2.75) is 104 Å². The van der Waals surface area contributed by atoms with Crippen molar-refractivity contribution < 1.29 is 47.9 Å². The SMILES string of the molecule is COc1ccccc1OCCCC[C@H](O)COc1cccc2c1c(C)nn2C(=O)OC(C)(C)C.Cc1ccccc1OCCN.Cc1nn(C(=O)OC(C)(C)C)c2cccc(OC[C@@H]3CS3)c12.S.S. The first-order valence-corrected chi connectivity index (χ1v) is 23.6. The molecule has 2 aromatic heterocycles. The zero-order valence-electron chi connectivity index (χ0n) is 41.5. The summed E-state index contributed by atoms with van der Waals surface area (Å²) < 4.78 is 41.6. The highest BCUT2D eigenvalue weighted by Gasteiger charge is 2.26. The van der Waals surface area contributed by atoms with Crippen LogP contribution in [0.5, 0.6) is 28.7 Å². The molecule has 1 fully saturated rings. The Morgan fingerprint density at radius 1 is 0.681 bits per heavy atom. The summed E-state index contributed by atoms with van der Waals surface area (Å²) in [7, 11) is 1.61. The Bertz CT molecular complexity index is 2550. The van der Waals surface area contributed by atoms with E-state index in [0.29, 0.717) is 72.0 Å². The van der Waals surface area contributed by atoms with Crippen molar-refractivity contribution in [3.05, 3.63) is 102 Å². The monoisotopic (exact) mass is 1010 g/mol. The number of rotatable bonds is 16. The van der Waals surface area contributed by atoms with Gasteiger partial charge in [-0.3, -0.25) is 0 Å². The standard InChI is InChI=1S/C26H34N2O6.C16H20N2O3S.C9H13NO.2H2S/c1-18-24-20(28(27-18)25(30)34-26(2,3)4)12-10-15-23(24)33-17-19(29)11-8-9-16-32-22-14-7-6-13-21(22)31-5;1-10-14-12(18(17-10)15(19)21-16(2,3)4)6-5-7-13(14)20-8-11-9-22-11;1-8-4-2-3-5-9(8)11-7-6-10;;/h6-7,10,12-15,19,29H,8-9,11,16-17H2,1-5H3;5-7,11H,8-9H2,1-4H3;2-5H,6-7,10H2,1H3;2*1H2/t19-;11-;;;/m01.../s1. The van der Waals surface area contributed by atoms with E-state index in [1.807, 2.05) is 147 Å². The quantitative estimate of drug-likeness (QED) is 0.0690. The van der Waals surface area contributed by atoms with Crippen LogP contribution in [-0.4, -0.2) is 105 Å². The molecule has 18 heteroatoms. The number of unbranched alkanes of at least 4 members (excludes halogenated alkanes) is 1. The fourth-order valence-electron chi connectivity index (χ4n) is 6.66. The third-order valence-corrected chi connectivity index (χ3v) is 10.7. The highest BCUT2D eigenvalue weighted by molar-refractivity contribution is 8.06. The number of thioether (sulfide) groups is 1. The second-order valence-corrected chi connectivity index (χ2v) is 19.2. The molecular formula is C51H71N5O10S3. The number of hydrogen-bond donors (Lipinski definition) is 2. The van der Waals surface area contributed by atoms with Crippen LogP contribution in [0.4, 0.5) is 9.59 Å². The number of ether oxygens (including phenoxy) is 7. The van der Waals surface area contributed by atoms with Crippen molar-refractivity contribution in [2.24, 2.45) is 5.73 Å². The third kappa shape index (κ3) is 17.9. The minimum Gasteiger partial charge on any atom is -0.493 e. The van der Waals surface area contributed by atoms with E-state index in [0.717, 1.165) is 52.1 Å². The molecule has 3 heterocycles. The summed E-state index contributed by atoms with van der Waals surface area (Å²) in [6.07, 6.45) is 0.536. The van der Waals surface area contributed by atoms with Gasteiger partial charge in [-0.15, -0.1) is 0 Å². The van der Waals surface area contributed by atoms with Crippen molar-refractivity contribution in [1.29, 1.82) is 0 Å². The van der Waals surface area contributed by atoms with Gasteiger partial charge < -0.3 is 44.0 Å². The highest BCUT2D eigenvalue weighted by atomic mass is 32.2. The predicted molar refractivity (Wildman–Crippen MR) is 284 cm³/mol. The first-order chi connectivity index (χ1) is 31.9. The second-order valence-electron chi connectivity index (χ2n) is 17.9. The van der Waals surface area contributed by atoms with E-state index in [2.05, 4.69) is 10.2 Å². The number of aliphatic hydroxyl groups is 1. The van der Waals surface area contributed by atoms with E-state index in [9.17, 15) is 14.7 Å². The molecule has 0 saturated carbocycles. The molecule has 15 nitrogen and oxygen atoms in total. The summed E-state index contributed by atoms with van der Waals surface area (Å²) >= 11 is 1.89. The Morgan fingerprint density at radius 2 is 1.16 bits per heavy atom. The number of nitrogens with zero attached hydrogens (tertiary/aromatic N) is 4. The van der Waals surface area contributed by atoms with Gasteiger partial charge >= 0.3 is 12.2 Å². The number of aryl methyl sites for hydroxylation is 3. The minimum atomic E-state index is -0.625. The number of benzene rings is 4. The fraction of sp³-hybridized carbons (Fsp3) is 0.451. The molecule has 0 aliphatic carbocycles. The summed E-state index contributed by atoms with van der Waals surface area (Å²) in [5.74, 6) is 4.85. The van der Waals surface area contributed by atoms with Gasteiger partial charge in [0.1, 0.15) is 48.3 Å². The number of methoxy groups -OCH3 is 1. The van der Waals surface area contributed by atoms with Gasteiger partial charge in [0.2, 0.25) is 0 Å². The highest BCUT2D eigenvalue weighted by Crippen LogP contribution is 2.34. The molecule has 3 N–H and O–H groups in total. The van der Waals surface area contributed by atoms with E-state index < -0.39 is 29.5 Å². The molecule has 69 heavy (non-hydrogen) atoms. The number of fused-ring (bicyclic) bond motifs is 2. The lowest BCUT2D eigenvalue weighted by atomic mass is 10.1. The Labute approximate surface area is 424 Å². The Balaban J connectivity index is 0.000000307. The minimum absolute atomic E-state index is 0. The lowest BCUT2D eigenvalue weighted by Crippen LogP contribution is -2.27. The number of para-hydroxylation sites is 3. The number of carbonyl (C=O) groups is 2. The molecular weight excluding hydrogens is 939 g/mol. The Hall–Kier alpha value is -5.27. The van der Waals surface area contributed by atoms with Crippen LogP contribution < -0.4 is 29.4 Å². The number of aliphatic hydroxyl groups excluding tert-OH is 1. The normalized spacial score (nSPS) is 13.2. The Morgan fingerprint density at radius 3 is 1.65 bits per heavy atom. The van der Waals surface area contributed by atoms with Crippen LogP contribution in [0.1, 0.15) is 77.8 Å². The third-order valence-electron chi connectivity index (χ3n) is 9.81. The number of aromatic nitrogens is 4.